The molecule has 3 heterocycles. The lowest BCUT2D eigenvalue weighted by molar-refractivity contribution is -0.122. The van der Waals surface area contributed by atoms with Gasteiger partial charge in [0.1, 0.15) is 17.7 Å². The van der Waals surface area contributed by atoms with Crippen molar-refractivity contribution in [3.05, 3.63) is 42.4 Å². The van der Waals surface area contributed by atoms with Gasteiger partial charge in [-0.1, -0.05) is 0 Å². The number of imidazole rings is 1. The Bertz CT molecular complexity index is 606. The summed E-state index contributed by atoms with van der Waals surface area (Å²) in [4.78, 5) is 16.5. The Kier molecular flexibility index (Phi) is 4.58. The molecule has 0 spiro atoms. The average Bonchev–Trinajstić information content (AvgIpc) is 3.25. The zero-order valence-corrected chi connectivity index (χ0v) is 12.7. The van der Waals surface area contributed by atoms with Gasteiger partial charge in [0.15, 0.2) is 0 Å². The van der Waals surface area contributed by atoms with Crippen LogP contribution in [-0.2, 0) is 22.5 Å². The van der Waals surface area contributed by atoms with Crippen LogP contribution < -0.4 is 5.32 Å². The minimum atomic E-state index is -0.164. The highest BCUT2D eigenvalue weighted by atomic mass is 16.5. The number of carbonyl (C=O) groups is 1. The lowest BCUT2D eigenvalue weighted by atomic mass is 10.1. The molecule has 0 aliphatic carbocycles. The molecule has 0 aromatic carbocycles. The molecule has 0 bridgehead atoms. The van der Waals surface area contributed by atoms with Crippen molar-refractivity contribution >= 4 is 5.91 Å². The van der Waals surface area contributed by atoms with Crippen molar-refractivity contribution in [1.82, 2.24) is 14.9 Å². The summed E-state index contributed by atoms with van der Waals surface area (Å²) >= 11 is 0. The molecular formula is C16H21N3O3. The van der Waals surface area contributed by atoms with Crippen molar-refractivity contribution in [3.8, 4) is 0 Å². The number of hydrogen-bond donors (Lipinski definition) is 1. The molecule has 6 heteroatoms. The van der Waals surface area contributed by atoms with Gasteiger partial charge in [-0.3, -0.25) is 4.79 Å². The first-order valence-corrected chi connectivity index (χ1v) is 7.72. The average molecular weight is 303 g/mol. The van der Waals surface area contributed by atoms with Crippen molar-refractivity contribution in [2.75, 3.05) is 6.61 Å². The van der Waals surface area contributed by atoms with Crippen molar-refractivity contribution in [2.45, 2.75) is 44.9 Å². The SMILES string of the molecule is CCn1ccnc1[C@H]1OCC[C@@H]1NC(=O)CCc1ccco1. The molecule has 1 aliphatic rings. The van der Waals surface area contributed by atoms with Gasteiger partial charge in [-0.15, -0.1) is 0 Å². The largest absolute Gasteiger partial charge is 0.469 e. The fourth-order valence-electron chi connectivity index (χ4n) is 2.81. The first-order chi connectivity index (χ1) is 10.8. The molecule has 22 heavy (non-hydrogen) atoms. The molecule has 2 aromatic rings. The quantitative estimate of drug-likeness (QED) is 0.887. The number of furan rings is 1. The number of nitrogens with one attached hydrogen (secondary N) is 1. The zero-order valence-electron chi connectivity index (χ0n) is 12.7. The van der Waals surface area contributed by atoms with Gasteiger partial charge < -0.3 is 19.0 Å². The molecule has 1 N–H and O–H groups in total. The maximum Gasteiger partial charge on any atom is 0.220 e. The van der Waals surface area contributed by atoms with Crippen LogP contribution in [0.4, 0.5) is 0 Å². The summed E-state index contributed by atoms with van der Waals surface area (Å²) < 4.78 is 13.1. The van der Waals surface area contributed by atoms with E-state index < -0.39 is 0 Å². The van der Waals surface area contributed by atoms with Crippen molar-refractivity contribution in [2.24, 2.45) is 0 Å². The number of carbonyl (C=O) groups excluding carboxylic acids is 1. The van der Waals surface area contributed by atoms with Crippen LogP contribution in [0.25, 0.3) is 0 Å². The first kappa shape index (κ1) is 14.8. The number of aryl methyl sites for hydroxylation is 2. The summed E-state index contributed by atoms with van der Waals surface area (Å²) in [6, 6.07) is 3.70. The second-order valence-electron chi connectivity index (χ2n) is 5.40. The van der Waals surface area contributed by atoms with E-state index in [0.29, 0.717) is 19.4 Å². The minimum Gasteiger partial charge on any atom is -0.469 e. The highest BCUT2D eigenvalue weighted by molar-refractivity contribution is 5.76. The van der Waals surface area contributed by atoms with Gasteiger partial charge in [-0.25, -0.2) is 4.98 Å². The van der Waals surface area contributed by atoms with Crippen LogP contribution in [0.1, 0.15) is 37.5 Å². The van der Waals surface area contributed by atoms with Crippen LogP contribution in [-0.4, -0.2) is 28.1 Å². The number of amides is 1. The van der Waals surface area contributed by atoms with Gasteiger partial charge in [-0.05, 0) is 25.5 Å². The van der Waals surface area contributed by atoms with Gasteiger partial charge in [0.2, 0.25) is 5.91 Å². The predicted octanol–water partition coefficient (Wildman–Crippen LogP) is 2.08. The maximum absolute atomic E-state index is 12.1. The van der Waals surface area contributed by atoms with Gasteiger partial charge in [0, 0.05) is 38.4 Å². The molecule has 3 rings (SSSR count). The molecule has 2 atom stereocenters. The fraction of sp³-hybridized carbons (Fsp3) is 0.500. The molecule has 2 aromatic heterocycles. The Morgan fingerprint density at radius 2 is 2.45 bits per heavy atom. The monoisotopic (exact) mass is 303 g/mol. The van der Waals surface area contributed by atoms with Crippen molar-refractivity contribution < 1.29 is 13.9 Å². The second-order valence-corrected chi connectivity index (χ2v) is 5.40. The standard InChI is InChI=1S/C16H21N3O3/c1-2-19-9-8-17-16(19)15-13(7-11-22-15)18-14(20)6-5-12-4-3-10-21-12/h3-4,8-10,13,15H,2,5-7,11H2,1H3,(H,18,20)/t13-,15-/m0/s1. The van der Waals surface area contributed by atoms with Gasteiger partial charge in [-0.2, -0.15) is 0 Å². The molecule has 0 radical (unpaired) electrons. The smallest absolute Gasteiger partial charge is 0.220 e. The van der Waals surface area contributed by atoms with Crippen molar-refractivity contribution in [3.63, 3.8) is 0 Å². The molecule has 0 saturated carbocycles. The molecule has 1 fully saturated rings. The summed E-state index contributed by atoms with van der Waals surface area (Å²) in [7, 11) is 0. The summed E-state index contributed by atoms with van der Waals surface area (Å²) in [6.07, 6.45) is 7.01. The van der Waals surface area contributed by atoms with E-state index in [0.717, 1.165) is 24.6 Å². The topological polar surface area (TPSA) is 69.3 Å². The Morgan fingerprint density at radius 3 is 3.23 bits per heavy atom. The Balaban J connectivity index is 1.58. The van der Waals surface area contributed by atoms with E-state index in [-0.39, 0.29) is 18.1 Å². The normalized spacial score (nSPS) is 21.1. The van der Waals surface area contributed by atoms with E-state index in [4.69, 9.17) is 9.15 Å². The highest BCUT2D eigenvalue weighted by Crippen LogP contribution is 2.28. The third-order valence-electron chi connectivity index (χ3n) is 3.96. The number of nitrogens with zero attached hydrogens (tertiary/aromatic N) is 2. The summed E-state index contributed by atoms with van der Waals surface area (Å²) in [5, 5.41) is 3.07. The van der Waals surface area contributed by atoms with E-state index in [1.54, 1.807) is 12.5 Å². The van der Waals surface area contributed by atoms with Crippen LogP contribution in [0, 0.1) is 0 Å². The molecule has 1 aliphatic heterocycles. The first-order valence-electron chi connectivity index (χ1n) is 7.72. The van der Waals surface area contributed by atoms with Crippen LogP contribution in [0.2, 0.25) is 0 Å². The predicted molar refractivity (Wildman–Crippen MR) is 80.2 cm³/mol. The zero-order chi connectivity index (χ0) is 15.4. The second kappa shape index (κ2) is 6.79. The van der Waals surface area contributed by atoms with Gasteiger partial charge in [0.25, 0.3) is 0 Å². The molecular weight excluding hydrogens is 282 g/mol. The number of ether oxygens (including phenoxy) is 1. The lowest BCUT2D eigenvalue weighted by Gasteiger charge is -2.20. The third-order valence-corrected chi connectivity index (χ3v) is 3.96. The van der Waals surface area contributed by atoms with E-state index in [9.17, 15) is 4.79 Å². The van der Waals surface area contributed by atoms with Gasteiger partial charge >= 0.3 is 0 Å². The number of hydrogen-bond acceptors (Lipinski definition) is 4. The van der Waals surface area contributed by atoms with E-state index in [2.05, 4.69) is 21.8 Å². The Morgan fingerprint density at radius 1 is 1.55 bits per heavy atom. The summed E-state index contributed by atoms with van der Waals surface area (Å²) in [5.74, 6) is 1.73. The number of rotatable bonds is 6. The van der Waals surface area contributed by atoms with Crippen LogP contribution >= 0.6 is 0 Å². The summed E-state index contributed by atoms with van der Waals surface area (Å²) in [5.41, 5.74) is 0. The van der Waals surface area contributed by atoms with Gasteiger partial charge in [0.05, 0.1) is 12.3 Å². The lowest BCUT2D eigenvalue weighted by Crippen LogP contribution is -2.37. The van der Waals surface area contributed by atoms with Crippen molar-refractivity contribution in [1.29, 1.82) is 0 Å². The van der Waals surface area contributed by atoms with E-state index in [1.165, 1.54) is 0 Å². The van der Waals surface area contributed by atoms with Crippen LogP contribution in [0.5, 0.6) is 0 Å². The fourth-order valence-corrected chi connectivity index (χ4v) is 2.81. The van der Waals surface area contributed by atoms with E-state index >= 15 is 0 Å². The number of aromatic nitrogens is 2. The summed E-state index contributed by atoms with van der Waals surface area (Å²) in [6.45, 7) is 3.55. The van der Waals surface area contributed by atoms with Crippen LogP contribution in [0.15, 0.2) is 35.2 Å². The highest BCUT2D eigenvalue weighted by Gasteiger charge is 2.33. The van der Waals surface area contributed by atoms with E-state index in [1.807, 2.05) is 18.3 Å². The molecule has 6 nitrogen and oxygen atoms in total. The minimum absolute atomic E-state index is 0.0169. The third kappa shape index (κ3) is 3.22. The Labute approximate surface area is 129 Å². The van der Waals surface area contributed by atoms with Crippen LogP contribution in [0.3, 0.4) is 0 Å². The Hall–Kier alpha value is -2.08. The molecule has 1 saturated heterocycles. The maximum atomic E-state index is 12.1. The molecule has 0 unspecified atom stereocenters. The molecule has 118 valence electrons. The molecule has 1 amide bonds.